The van der Waals surface area contributed by atoms with E-state index in [2.05, 4.69) is 26.8 Å². The van der Waals surface area contributed by atoms with Crippen LogP contribution in [0.4, 0.5) is 0 Å². The van der Waals surface area contributed by atoms with Gasteiger partial charge < -0.3 is 9.15 Å². The number of hydrogen-bond donors (Lipinski definition) is 0. The highest BCUT2D eigenvalue weighted by atomic mass is 16.5. The largest absolute Gasteiger partial charge is 0.468 e. The predicted octanol–water partition coefficient (Wildman–Crippen LogP) is 3.90. The van der Waals surface area contributed by atoms with E-state index in [9.17, 15) is 4.79 Å². The van der Waals surface area contributed by atoms with Crippen molar-refractivity contribution in [3.8, 4) is 0 Å². The number of carbonyl (C=O) groups is 1. The van der Waals surface area contributed by atoms with Gasteiger partial charge in [0.25, 0.3) is 0 Å². The Balaban J connectivity index is 2.33. The van der Waals surface area contributed by atoms with Crippen LogP contribution in [0, 0.1) is 6.92 Å². The van der Waals surface area contributed by atoms with Crippen LogP contribution in [0.1, 0.15) is 44.1 Å². The molecule has 1 aliphatic carbocycles. The predicted molar refractivity (Wildman–Crippen MR) is 78.5 cm³/mol. The molecule has 1 aromatic rings. The average molecular weight is 274 g/mol. The maximum absolute atomic E-state index is 11.2. The van der Waals surface area contributed by atoms with Crippen LogP contribution in [0.5, 0.6) is 0 Å². The normalized spacial score (nSPS) is 24.9. The molecule has 0 saturated carbocycles. The Labute approximate surface area is 120 Å². The molecule has 1 heterocycles. The van der Waals surface area contributed by atoms with Crippen LogP contribution in [-0.4, -0.2) is 12.1 Å². The molecule has 0 radical (unpaired) electrons. The molecule has 1 aromatic heterocycles. The lowest BCUT2D eigenvalue weighted by molar-refractivity contribution is -0.144. The molecule has 0 bridgehead atoms. The van der Waals surface area contributed by atoms with Crippen molar-refractivity contribution < 1.29 is 13.9 Å². The summed E-state index contributed by atoms with van der Waals surface area (Å²) in [6.07, 6.45) is 8.28. The fourth-order valence-corrected chi connectivity index (χ4v) is 2.60. The molecule has 3 nitrogen and oxygen atoms in total. The van der Waals surface area contributed by atoms with Gasteiger partial charge in [-0.2, -0.15) is 0 Å². The third kappa shape index (κ3) is 3.62. The van der Waals surface area contributed by atoms with Crippen molar-refractivity contribution in [3.05, 3.63) is 46.4 Å². The van der Waals surface area contributed by atoms with E-state index in [0.29, 0.717) is 0 Å². The zero-order valence-corrected chi connectivity index (χ0v) is 12.7. The number of carbonyl (C=O) groups excluding carboxylic acids is 1. The van der Waals surface area contributed by atoms with Gasteiger partial charge >= 0.3 is 5.97 Å². The van der Waals surface area contributed by atoms with E-state index in [4.69, 9.17) is 9.15 Å². The number of hydrogen-bond acceptors (Lipinski definition) is 3. The number of furan rings is 1. The van der Waals surface area contributed by atoms with Crippen molar-refractivity contribution >= 4 is 5.97 Å². The van der Waals surface area contributed by atoms with E-state index in [1.165, 1.54) is 29.2 Å². The van der Waals surface area contributed by atoms with Crippen LogP contribution >= 0.6 is 0 Å². The summed E-state index contributed by atoms with van der Waals surface area (Å²) in [5.41, 5.74) is 4.88. The van der Waals surface area contributed by atoms with Gasteiger partial charge in [-0.05, 0) is 38.8 Å². The molecule has 108 valence electrons. The van der Waals surface area contributed by atoms with Gasteiger partial charge in [0.2, 0.25) is 0 Å². The number of fused-ring (bicyclic) bond motifs is 1. The number of aryl methyl sites for hydroxylation is 1. The lowest BCUT2D eigenvalue weighted by atomic mass is 9.97. The quantitative estimate of drug-likeness (QED) is 0.576. The van der Waals surface area contributed by atoms with E-state index in [1.54, 1.807) is 0 Å². The van der Waals surface area contributed by atoms with Crippen molar-refractivity contribution in [3.63, 3.8) is 0 Å². The van der Waals surface area contributed by atoms with Crippen LogP contribution in [0.3, 0.4) is 0 Å². The van der Waals surface area contributed by atoms with E-state index in [1.807, 2.05) is 12.3 Å². The average Bonchev–Trinajstić information content (AvgIpc) is 2.66. The van der Waals surface area contributed by atoms with Gasteiger partial charge in [0.15, 0.2) is 0 Å². The summed E-state index contributed by atoms with van der Waals surface area (Å²) < 4.78 is 11.0. The molecule has 0 aliphatic heterocycles. The van der Waals surface area contributed by atoms with Crippen molar-refractivity contribution in [1.29, 1.82) is 0 Å². The smallest absolute Gasteiger partial charge is 0.303 e. The minimum absolute atomic E-state index is 0.179. The fraction of sp³-hybridized carbons (Fsp3) is 0.471. The van der Waals surface area contributed by atoms with Gasteiger partial charge in [-0.1, -0.05) is 17.2 Å². The molecule has 0 unspecified atom stereocenters. The maximum atomic E-state index is 11.2. The standard InChI is InChI=1S/C17H22O3/c1-11-5-6-16-13(3)10-19-17(16)9-12(2)8-15(7-11)20-14(4)18/h5,8,10,15H,6-7,9H2,1-4H3/b11-5+,12-8+/t15-/m1/s1. The molecule has 2 rings (SSSR count). The Kier molecular flexibility index (Phi) is 4.48. The number of ether oxygens (including phenoxy) is 1. The lowest BCUT2D eigenvalue weighted by Gasteiger charge is -2.16. The summed E-state index contributed by atoms with van der Waals surface area (Å²) in [6.45, 7) is 7.67. The topological polar surface area (TPSA) is 39.4 Å². The van der Waals surface area contributed by atoms with Gasteiger partial charge in [-0.15, -0.1) is 0 Å². The van der Waals surface area contributed by atoms with Crippen LogP contribution in [0.2, 0.25) is 0 Å². The fourth-order valence-electron chi connectivity index (χ4n) is 2.60. The van der Waals surface area contributed by atoms with Crippen molar-refractivity contribution in [1.82, 2.24) is 0 Å². The summed E-state index contributed by atoms with van der Waals surface area (Å²) in [5, 5.41) is 0. The van der Waals surface area contributed by atoms with Gasteiger partial charge in [-0.25, -0.2) is 0 Å². The zero-order valence-electron chi connectivity index (χ0n) is 12.7. The molecule has 3 heteroatoms. The third-order valence-corrected chi connectivity index (χ3v) is 3.60. The third-order valence-electron chi connectivity index (χ3n) is 3.60. The Bertz CT molecular complexity index is 561. The summed E-state index contributed by atoms with van der Waals surface area (Å²) in [5.74, 6) is 0.780. The molecule has 0 amide bonds. The van der Waals surface area contributed by atoms with Gasteiger partial charge in [0.1, 0.15) is 11.9 Å². The number of esters is 1. The van der Waals surface area contributed by atoms with E-state index in [0.717, 1.165) is 25.0 Å². The molecule has 0 saturated heterocycles. The second-order valence-electron chi connectivity index (χ2n) is 5.62. The summed E-state index contributed by atoms with van der Waals surface area (Å²) in [4.78, 5) is 11.2. The first-order valence-corrected chi connectivity index (χ1v) is 7.01. The number of rotatable bonds is 1. The molecular formula is C17H22O3. The number of allylic oxidation sites excluding steroid dienone is 2. The van der Waals surface area contributed by atoms with Crippen LogP contribution in [0.15, 0.2) is 34.0 Å². The Morgan fingerprint density at radius 1 is 1.30 bits per heavy atom. The maximum Gasteiger partial charge on any atom is 0.303 e. The molecule has 0 fully saturated rings. The van der Waals surface area contributed by atoms with Gasteiger partial charge in [-0.3, -0.25) is 4.79 Å². The first-order valence-electron chi connectivity index (χ1n) is 7.01. The monoisotopic (exact) mass is 274 g/mol. The van der Waals surface area contributed by atoms with Crippen LogP contribution in [0.25, 0.3) is 0 Å². The lowest BCUT2D eigenvalue weighted by Crippen LogP contribution is -2.15. The highest BCUT2D eigenvalue weighted by molar-refractivity contribution is 5.66. The van der Waals surface area contributed by atoms with E-state index >= 15 is 0 Å². The van der Waals surface area contributed by atoms with E-state index in [-0.39, 0.29) is 12.1 Å². The second kappa shape index (κ2) is 6.12. The van der Waals surface area contributed by atoms with Gasteiger partial charge in [0, 0.05) is 25.3 Å². The van der Waals surface area contributed by atoms with Crippen molar-refractivity contribution in [2.75, 3.05) is 0 Å². The first-order chi connectivity index (χ1) is 9.45. The second-order valence-corrected chi connectivity index (χ2v) is 5.62. The highest BCUT2D eigenvalue weighted by Gasteiger charge is 2.16. The Hall–Kier alpha value is -1.77. The Morgan fingerprint density at radius 3 is 2.75 bits per heavy atom. The molecule has 1 atom stereocenters. The summed E-state index contributed by atoms with van der Waals surface area (Å²) in [6, 6.07) is 0. The summed E-state index contributed by atoms with van der Waals surface area (Å²) >= 11 is 0. The van der Waals surface area contributed by atoms with E-state index < -0.39 is 0 Å². The minimum Gasteiger partial charge on any atom is -0.468 e. The van der Waals surface area contributed by atoms with Crippen molar-refractivity contribution in [2.45, 2.75) is 53.1 Å². The zero-order chi connectivity index (χ0) is 14.7. The van der Waals surface area contributed by atoms with Gasteiger partial charge in [0.05, 0.1) is 6.26 Å². The summed E-state index contributed by atoms with van der Waals surface area (Å²) in [7, 11) is 0. The minimum atomic E-state index is -0.238. The molecule has 20 heavy (non-hydrogen) atoms. The molecule has 0 N–H and O–H groups in total. The Morgan fingerprint density at radius 2 is 2.05 bits per heavy atom. The first kappa shape index (κ1) is 14.6. The SMILES string of the molecule is CC(=O)O[C@H]1/C=C(\C)Cc2occ(C)c2C/C=C(\C)C1. The van der Waals surface area contributed by atoms with Crippen molar-refractivity contribution in [2.24, 2.45) is 0 Å². The molecule has 1 aliphatic rings. The van der Waals surface area contributed by atoms with Crippen LogP contribution in [-0.2, 0) is 22.4 Å². The molecule has 0 spiro atoms. The molecule has 0 aromatic carbocycles. The highest BCUT2D eigenvalue weighted by Crippen LogP contribution is 2.24. The molecular weight excluding hydrogens is 252 g/mol. The van der Waals surface area contributed by atoms with Crippen LogP contribution < -0.4 is 0 Å².